The molecule has 2 heterocycles. The summed E-state index contributed by atoms with van der Waals surface area (Å²) in [6, 6.07) is 18.2. The summed E-state index contributed by atoms with van der Waals surface area (Å²) in [5, 5.41) is 13.2. The van der Waals surface area contributed by atoms with Gasteiger partial charge in [-0.3, -0.25) is 5.10 Å². The summed E-state index contributed by atoms with van der Waals surface area (Å²) in [7, 11) is 0. The summed E-state index contributed by atoms with van der Waals surface area (Å²) in [6.07, 6.45) is 3.78. The number of thioether (sulfide) groups is 1. The van der Waals surface area contributed by atoms with Gasteiger partial charge >= 0.3 is 12.0 Å². The summed E-state index contributed by atoms with van der Waals surface area (Å²) in [5.41, 5.74) is 2.69. The lowest BCUT2D eigenvalue weighted by Crippen LogP contribution is -2.46. The molecule has 1 unspecified atom stereocenters. The van der Waals surface area contributed by atoms with Crippen molar-refractivity contribution in [2.75, 3.05) is 12.4 Å². The molecule has 0 saturated carbocycles. The van der Waals surface area contributed by atoms with Gasteiger partial charge in [0, 0.05) is 11.4 Å². The highest BCUT2D eigenvalue weighted by Gasteiger charge is 2.33. The molecule has 2 aromatic carbocycles. The Labute approximate surface area is 195 Å². The van der Waals surface area contributed by atoms with E-state index in [1.54, 1.807) is 6.92 Å². The molecular formula is C24H23N5O3S. The van der Waals surface area contributed by atoms with E-state index in [2.05, 4.69) is 25.8 Å². The molecule has 3 N–H and O–H groups in total. The molecule has 0 spiro atoms. The van der Waals surface area contributed by atoms with Gasteiger partial charge in [0.25, 0.3) is 0 Å². The van der Waals surface area contributed by atoms with E-state index in [0.29, 0.717) is 28.0 Å². The quantitative estimate of drug-likeness (QED) is 0.346. The fourth-order valence-electron chi connectivity index (χ4n) is 3.35. The van der Waals surface area contributed by atoms with E-state index in [0.717, 1.165) is 11.1 Å². The van der Waals surface area contributed by atoms with E-state index < -0.39 is 12.0 Å². The van der Waals surface area contributed by atoms with Crippen molar-refractivity contribution >= 4 is 35.9 Å². The van der Waals surface area contributed by atoms with Crippen LogP contribution in [0.15, 0.2) is 77.1 Å². The molecule has 1 aliphatic heterocycles. The van der Waals surface area contributed by atoms with Crippen molar-refractivity contribution in [3.63, 3.8) is 0 Å². The molecule has 2 amide bonds. The van der Waals surface area contributed by atoms with Gasteiger partial charge in [-0.25, -0.2) is 14.6 Å². The van der Waals surface area contributed by atoms with Gasteiger partial charge in [-0.15, -0.1) is 5.10 Å². The number of aromatic amines is 1. The Balaban J connectivity index is 1.54. The fraction of sp³-hybridized carbons (Fsp3) is 0.167. The van der Waals surface area contributed by atoms with Gasteiger partial charge in [0.05, 0.1) is 18.2 Å². The first kappa shape index (κ1) is 22.3. The van der Waals surface area contributed by atoms with Gasteiger partial charge in [-0.2, -0.15) is 0 Å². The normalized spacial score (nSPS) is 15.9. The van der Waals surface area contributed by atoms with Gasteiger partial charge in [0.2, 0.25) is 5.16 Å². The van der Waals surface area contributed by atoms with Gasteiger partial charge in [-0.1, -0.05) is 78.5 Å². The van der Waals surface area contributed by atoms with Gasteiger partial charge in [-0.05, 0) is 24.1 Å². The number of benzene rings is 2. The molecule has 4 rings (SSSR count). The maximum atomic E-state index is 12.8. The van der Waals surface area contributed by atoms with Gasteiger partial charge < -0.3 is 15.4 Å². The second-order valence-electron chi connectivity index (χ2n) is 7.09. The molecule has 0 fully saturated rings. The van der Waals surface area contributed by atoms with Crippen molar-refractivity contribution < 1.29 is 14.3 Å². The minimum atomic E-state index is -0.605. The Morgan fingerprint density at radius 1 is 1.09 bits per heavy atom. The Morgan fingerprint density at radius 2 is 1.82 bits per heavy atom. The van der Waals surface area contributed by atoms with Crippen LogP contribution >= 0.6 is 11.8 Å². The van der Waals surface area contributed by atoms with Crippen LogP contribution in [-0.2, 0) is 9.53 Å². The van der Waals surface area contributed by atoms with Crippen LogP contribution in [0.3, 0.4) is 0 Å². The number of amides is 2. The fourth-order valence-corrected chi connectivity index (χ4v) is 4.12. The highest BCUT2D eigenvalue weighted by atomic mass is 32.2. The molecule has 0 aliphatic carbocycles. The molecule has 0 radical (unpaired) electrons. The number of nitrogens with one attached hydrogen (secondary N) is 3. The van der Waals surface area contributed by atoms with E-state index in [4.69, 9.17) is 4.74 Å². The number of hydrogen-bond acceptors (Lipinski definition) is 6. The van der Waals surface area contributed by atoms with Crippen molar-refractivity contribution in [1.82, 2.24) is 25.8 Å². The smallest absolute Gasteiger partial charge is 0.338 e. The van der Waals surface area contributed by atoms with Crippen LogP contribution in [0, 0.1) is 0 Å². The molecule has 9 heteroatoms. The summed E-state index contributed by atoms with van der Waals surface area (Å²) >= 11 is 1.31. The summed E-state index contributed by atoms with van der Waals surface area (Å²) < 4.78 is 5.28. The molecule has 1 atom stereocenters. The molecular weight excluding hydrogens is 438 g/mol. The zero-order chi connectivity index (χ0) is 23.0. The lowest BCUT2D eigenvalue weighted by molar-refractivity contribution is -0.139. The van der Waals surface area contributed by atoms with Crippen molar-refractivity contribution in [3.8, 4) is 0 Å². The SMILES string of the molecule is CCOC(=O)C1=C(CSc2n[nH]c(/C=C/c3ccccc3)n2)NC(=O)NC1c1ccccc1. The summed E-state index contributed by atoms with van der Waals surface area (Å²) in [5.74, 6) is 0.429. The Hall–Kier alpha value is -3.85. The number of hydrogen-bond donors (Lipinski definition) is 3. The molecule has 0 bridgehead atoms. The minimum Gasteiger partial charge on any atom is -0.463 e. The lowest BCUT2D eigenvalue weighted by atomic mass is 9.95. The van der Waals surface area contributed by atoms with Crippen LogP contribution in [0.5, 0.6) is 0 Å². The second kappa shape index (κ2) is 10.6. The van der Waals surface area contributed by atoms with Crippen LogP contribution in [-0.4, -0.2) is 39.5 Å². The first-order chi connectivity index (χ1) is 16.1. The number of esters is 1. The van der Waals surface area contributed by atoms with E-state index in [1.807, 2.05) is 72.8 Å². The minimum absolute atomic E-state index is 0.232. The van der Waals surface area contributed by atoms with Gasteiger partial charge in [0.15, 0.2) is 0 Å². The standard InChI is InChI=1S/C24H23N5O3S/c1-2-32-22(30)20-18(25-23(31)27-21(20)17-11-7-4-8-12-17)15-33-24-26-19(28-29-24)14-13-16-9-5-3-6-10-16/h3-14,21H,2,15H2,1H3,(H2,25,27,31)(H,26,28,29)/b14-13+. The van der Waals surface area contributed by atoms with Crippen LogP contribution in [0.4, 0.5) is 4.79 Å². The molecule has 168 valence electrons. The van der Waals surface area contributed by atoms with Crippen LogP contribution < -0.4 is 10.6 Å². The van der Waals surface area contributed by atoms with Gasteiger partial charge in [0.1, 0.15) is 5.82 Å². The highest BCUT2D eigenvalue weighted by Crippen LogP contribution is 2.30. The van der Waals surface area contributed by atoms with Crippen molar-refractivity contribution in [2.24, 2.45) is 0 Å². The number of nitrogens with zero attached hydrogens (tertiary/aromatic N) is 2. The molecule has 8 nitrogen and oxygen atoms in total. The summed E-state index contributed by atoms with van der Waals surface area (Å²) in [6.45, 7) is 1.98. The van der Waals surface area contributed by atoms with Crippen molar-refractivity contribution in [2.45, 2.75) is 18.1 Å². The van der Waals surface area contributed by atoms with Crippen LogP contribution in [0.25, 0.3) is 12.2 Å². The number of aromatic nitrogens is 3. The van der Waals surface area contributed by atoms with E-state index in [9.17, 15) is 9.59 Å². The summed E-state index contributed by atoms with van der Waals surface area (Å²) in [4.78, 5) is 29.6. The Bertz CT molecular complexity index is 1180. The monoisotopic (exact) mass is 461 g/mol. The molecule has 1 aliphatic rings. The zero-order valence-corrected chi connectivity index (χ0v) is 18.8. The zero-order valence-electron chi connectivity index (χ0n) is 17.9. The van der Waals surface area contributed by atoms with E-state index in [1.165, 1.54) is 11.8 Å². The number of H-pyrrole nitrogens is 1. The number of carbonyl (C=O) groups excluding carboxylic acids is 2. The largest absolute Gasteiger partial charge is 0.463 e. The third-order valence-corrected chi connectivity index (χ3v) is 5.72. The van der Waals surface area contributed by atoms with Crippen molar-refractivity contribution in [3.05, 3.63) is 88.9 Å². The molecule has 0 saturated heterocycles. The second-order valence-corrected chi connectivity index (χ2v) is 8.03. The third-order valence-electron chi connectivity index (χ3n) is 4.84. The van der Waals surface area contributed by atoms with E-state index in [-0.39, 0.29) is 12.6 Å². The maximum Gasteiger partial charge on any atom is 0.338 e. The Morgan fingerprint density at radius 3 is 2.55 bits per heavy atom. The highest BCUT2D eigenvalue weighted by molar-refractivity contribution is 7.99. The maximum absolute atomic E-state index is 12.8. The molecule has 3 aromatic rings. The van der Waals surface area contributed by atoms with Crippen molar-refractivity contribution in [1.29, 1.82) is 0 Å². The van der Waals surface area contributed by atoms with Crippen LogP contribution in [0.1, 0.15) is 29.9 Å². The predicted octanol–water partition coefficient (Wildman–Crippen LogP) is 3.94. The van der Waals surface area contributed by atoms with Crippen LogP contribution in [0.2, 0.25) is 0 Å². The molecule has 1 aromatic heterocycles. The average molecular weight is 462 g/mol. The van der Waals surface area contributed by atoms with E-state index >= 15 is 0 Å². The number of urea groups is 1. The first-order valence-corrected chi connectivity index (χ1v) is 11.4. The lowest BCUT2D eigenvalue weighted by Gasteiger charge is -2.29. The average Bonchev–Trinajstić information content (AvgIpc) is 3.30. The number of rotatable bonds is 8. The number of ether oxygens (including phenoxy) is 1. The predicted molar refractivity (Wildman–Crippen MR) is 127 cm³/mol. The topological polar surface area (TPSA) is 109 Å². The Kier molecular flexibility index (Phi) is 7.21. The number of carbonyl (C=O) groups is 2. The first-order valence-electron chi connectivity index (χ1n) is 10.4. The third kappa shape index (κ3) is 5.69. The molecule has 33 heavy (non-hydrogen) atoms.